The van der Waals surface area contributed by atoms with Crippen molar-refractivity contribution in [2.24, 2.45) is 0 Å². The maximum absolute atomic E-state index is 13.7. The van der Waals surface area contributed by atoms with E-state index >= 15 is 0 Å². The number of hydrogen-bond acceptors (Lipinski definition) is 16. The Hall–Kier alpha value is -3.71. The first-order valence-electron chi connectivity index (χ1n) is 13.4. The van der Waals surface area contributed by atoms with Crippen LogP contribution in [0.25, 0.3) is 22.3 Å². The average Bonchev–Trinajstić information content (AvgIpc) is 3.00. The number of rotatable bonds is 7. The van der Waals surface area contributed by atoms with Crippen LogP contribution < -0.4 is 14.9 Å². The first-order chi connectivity index (χ1) is 20.8. The molecule has 2 aliphatic rings. The average molecular weight is 625 g/mol. The molecule has 3 aromatic rings. The van der Waals surface area contributed by atoms with Crippen LogP contribution in [-0.2, 0) is 14.2 Å². The minimum Gasteiger partial charge on any atom is -0.507 e. The van der Waals surface area contributed by atoms with Crippen LogP contribution in [0.5, 0.6) is 28.7 Å². The van der Waals surface area contributed by atoms with Crippen LogP contribution >= 0.6 is 0 Å². The Kier molecular flexibility index (Phi) is 8.90. The molecule has 2 aromatic carbocycles. The molecular weight excluding hydrogens is 592 g/mol. The van der Waals surface area contributed by atoms with Gasteiger partial charge in [0.05, 0.1) is 19.8 Å². The molecule has 10 atom stereocenters. The van der Waals surface area contributed by atoms with Crippen molar-refractivity contribution in [3.8, 4) is 40.1 Å². The lowest BCUT2D eigenvalue weighted by Crippen LogP contribution is -2.61. The Balaban J connectivity index is 1.49. The predicted molar refractivity (Wildman–Crippen MR) is 145 cm³/mol. The lowest BCUT2D eigenvalue weighted by Gasteiger charge is -2.42. The third-order valence-electron chi connectivity index (χ3n) is 7.52. The topological polar surface area (TPSA) is 258 Å². The Bertz CT molecular complexity index is 1560. The molecule has 0 spiro atoms. The third-order valence-corrected chi connectivity index (χ3v) is 7.52. The molecule has 44 heavy (non-hydrogen) atoms. The van der Waals surface area contributed by atoms with Gasteiger partial charge in [-0.25, -0.2) is 0 Å². The van der Waals surface area contributed by atoms with E-state index < -0.39 is 96.4 Å². The van der Waals surface area contributed by atoms with Crippen molar-refractivity contribution >= 4 is 11.0 Å². The summed E-state index contributed by atoms with van der Waals surface area (Å²) in [7, 11) is 1.32. The number of aliphatic hydroxyl groups excluding tert-OH is 6. The predicted octanol–water partition coefficient (Wildman–Crippen LogP) is -1.38. The van der Waals surface area contributed by atoms with Gasteiger partial charge in [0.1, 0.15) is 65.2 Å². The van der Waals surface area contributed by atoms with E-state index in [1.165, 1.54) is 26.2 Å². The van der Waals surface area contributed by atoms with Crippen LogP contribution in [0, 0.1) is 0 Å². The summed E-state index contributed by atoms with van der Waals surface area (Å²) in [5.41, 5.74) is -1.10. The van der Waals surface area contributed by atoms with Gasteiger partial charge in [-0.2, -0.15) is 0 Å². The fraction of sp³-hybridized carbons (Fsp3) is 0.464. The van der Waals surface area contributed by atoms with E-state index in [2.05, 4.69) is 0 Å². The zero-order chi connectivity index (χ0) is 32.0. The Labute approximate surface area is 248 Å². The number of aliphatic hydroxyl groups is 6. The summed E-state index contributed by atoms with van der Waals surface area (Å²) >= 11 is 0. The molecule has 9 N–H and O–H groups in total. The van der Waals surface area contributed by atoms with Crippen LogP contribution in [0.3, 0.4) is 0 Å². The molecule has 2 fully saturated rings. The first-order valence-corrected chi connectivity index (χ1v) is 13.4. The molecule has 2 aliphatic heterocycles. The highest BCUT2D eigenvalue weighted by atomic mass is 16.7. The van der Waals surface area contributed by atoms with Crippen LogP contribution in [0.15, 0.2) is 39.5 Å². The standard InChI is InChI=1S/C28H32O16/c1-9-18(32)21(35)23(37)27(41-9)40-8-16-19(33)22(36)24(38)28(43-16)44-26-20(34)17-14(31)6-11(39-2)7-15(17)42-25(26)10-3-4-12(29)13(30)5-10/h3-7,9,16,18-19,21-24,27-33,35-38H,8H2,1-2H3/t9-,16-,18-,19+,21-,22+,23-,24-,27+,28-/m0/s1. The normalized spacial score (nSPS) is 32.5. The third kappa shape index (κ3) is 5.74. The Morgan fingerprint density at radius 3 is 2.14 bits per heavy atom. The van der Waals surface area contributed by atoms with Crippen molar-refractivity contribution < 1.29 is 74.1 Å². The molecule has 0 aliphatic carbocycles. The van der Waals surface area contributed by atoms with Crippen LogP contribution in [0.4, 0.5) is 0 Å². The van der Waals surface area contributed by atoms with Gasteiger partial charge in [-0.3, -0.25) is 4.79 Å². The van der Waals surface area contributed by atoms with Crippen molar-refractivity contribution in [2.45, 2.75) is 68.3 Å². The minimum atomic E-state index is -1.95. The summed E-state index contributed by atoms with van der Waals surface area (Å²) in [6, 6.07) is 5.90. The van der Waals surface area contributed by atoms with Gasteiger partial charge in [0.2, 0.25) is 17.5 Å². The molecule has 3 heterocycles. The van der Waals surface area contributed by atoms with Crippen molar-refractivity contribution in [2.75, 3.05) is 13.7 Å². The lowest BCUT2D eigenvalue weighted by atomic mass is 9.98. The number of fused-ring (bicyclic) bond motifs is 1. The second-order valence-corrected chi connectivity index (χ2v) is 10.5. The van der Waals surface area contributed by atoms with Gasteiger partial charge in [0, 0.05) is 17.7 Å². The van der Waals surface area contributed by atoms with Gasteiger partial charge >= 0.3 is 0 Å². The van der Waals surface area contributed by atoms with Crippen LogP contribution in [-0.4, -0.2) is 121 Å². The van der Waals surface area contributed by atoms with Gasteiger partial charge in [-0.05, 0) is 25.1 Å². The summed E-state index contributed by atoms with van der Waals surface area (Å²) in [5.74, 6) is -2.44. The highest BCUT2D eigenvalue weighted by Crippen LogP contribution is 2.39. The largest absolute Gasteiger partial charge is 0.507 e. The number of phenols is 3. The summed E-state index contributed by atoms with van der Waals surface area (Å²) in [6.07, 6.45) is -16.0. The molecule has 1 aromatic heterocycles. The zero-order valence-electron chi connectivity index (χ0n) is 23.3. The summed E-state index contributed by atoms with van der Waals surface area (Å²) < 4.78 is 33.2. The first kappa shape index (κ1) is 31.7. The quantitative estimate of drug-likeness (QED) is 0.137. The van der Waals surface area contributed by atoms with Crippen molar-refractivity contribution in [1.82, 2.24) is 0 Å². The number of methoxy groups -OCH3 is 1. The molecule has 240 valence electrons. The summed E-state index contributed by atoms with van der Waals surface area (Å²) in [5, 5.41) is 92.1. The lowest BCUT2D eigenvalue weighted by molar-refractivity contribution is -0.318. The fourth-order valence-electron chi connectivity index (χ4n) is 4.95. The van der Waals surface area contributed by atoms with E-state index in [9.17, 15) is 50.8 Å². The molecule has 16 heteroatoms. The van der Waals surface area contributed by atoms with Crippen molar-refractivity contribution in [1.29, 1.82) is 0 Å². The van der Waals surface area contributed by atoms with Crippen molar-refractivity contribution in [3.63, 3.8) is 0 Å². The van der Waals surface area contributed by atoms with E-state index in [-0.39, 0.29) is 28.0 Å². The summed E-state index contributed by atoms with van der Waals surface area (Å²) in [4.78, 5) is 13.7. The van der Waals surface area contributed by atoms with Gasteiger partial charge in [-0.1, -0.05) is 0 Å². The summed E-state index contributed by atoms with van der Waals surface area (Å²) in [6.45, 7) is 0.841. The molecule has 0 amide bonds. The van der Waals surface area contributed by atoms with Crippen LogP contribution in [0.2, 0.25) is 0 Å². The maximum Gasteiger partial charge on any atom is 0.239 e. The Morgan fingerprint density at radius 2 is 1.45 bits per heavy atom. The highest BCUT2D eigenvalue weighted by molar-refractivity contribution is 5.88. The zero-order valence-corrected chi connectivity index (χ0v) is 23.3. The molecule has 0 unspecified atom stereocenters. The second kappa shape index (κ2) is 12.4. The van der Waals surface area contributed by atoms with E-state index in [1.807, 2.05) is 0 Å². The highest BCUT2D eigenvalue weighted by Gasteiger charge is 2.47. The van der Waals surface area contributed by atoms with E-state index in [0.717, 1.165) is 18.2 Å². The van der Waals surface area contributed by atoms with Gasteiger partial charge in [0.15, 0.2) is 23.5 Å². The number of aromatic hydroxyl groups is 3. The van der Waals surface area contributed by atoms with E-state index in [0.29, 0.717) is 0 Å². The molecule has 0 bridgehead atoms. The molecule has 5 rings (SSSR count). The number of hydrogen-bond donors (Lipinski definition) is 9. The Morgan fingerprint density at radius 1 is 0.773 bits per heavy atom. The molecular formula is C28H32O16. The second-order valence-electron chi connectivity index (χ2n) is 10.5. The van der Waals surface area contributed by atoms with Gasteiger partial charge in [-0.15, -0.1) is 0 Å². The number of phenolic OH excluding ortho intramolecular Hbond substituents is 3. The number of ether oxygens (including phenoxy) is 5. The van der Waals surface area contributed by atoms with Gasteiger partial charge in [0.25, 0.3) is 0 Å². The maximum atomic E-state index is 13.7. The van der Waals surface area contributed by atoms with E-state index in [1.54, 1.807) is 0 Å². The monoisotopic (exact) mass is 624 g/mol. The van der Waals surface area contributed by atoms with Gasteiger partial charge < -0.3 is 74.1 Å². The molecule has 0 radical (unpaired) electrons. The number of benzene rings is 2. The SMILES string of the molecule is COc1cc(O)c2c(=O)c(O[C@@H]3O[C@@H](CO[C@@H]4O[C@@H](C)[C@H](O)[C@H](O)[C@@H]4O)[C@@H](O)[C@@H](O)[C@@H]3O)c(-c3ccc(O)c(O)c3)oc2c1. The smallest absolute Gasteiger partial charge is 0.239 e. The van der Waals surface area contributed by atoms with Crippen molar-refractivity contribution in [3.05, 3.63) is 40.6 Å². The minimum absolute atomic E-state index is 0.0145. The van der Waals surface area contributed by atoms with Crippen LogP contribution in [0.1, 0.15) is 6.92 Å². The fourth-order valence-corrected chi connectivity index (χ4v) is 4.95. The molecule has 0 saturated carbocycles. The molecule has 2 saturated heterocycles. The molecule has 16 nitrogen and oxygen atoms in total. The van der Waals surface area contributed by atoms with E-state index in [4.69, 9.17) is 28.1 Å².